The number of benzene rings is 1. The number of aromatic nitrogens is 1. The van der Waals surface area contributed by atoms with Gasteiger partial charge in [0.05, 0.1) is 0 Å². The second kappa shape index (κ2) is 8.46. The molecule has 1 spiro atoms. The Kier molecular flexibility index (Phi) is 5.82. The van der Waals surface area contributed by atoms with E-state index >= 15 is 0 Å². The van der Waals surface area contributed by atoms with Crippen LogP contribution in [0.15, 0.2) is 24.3 Å². The predicted octanol–water partition coefficient (Wildman–Crippen LogP) is 3.13. The Bertz CT molecular complexity index is 1160. The van der Waals surface area contributed by atoms with Crippen molar-refractivity contribution >= 4 is 23.7 Å². The first kappa shape index (κ1) is 22.7. The van der Waals surface area contributed by atoms with Gasteiger partial charge in [-0.25, -0.2) is 9.18 Å². The first-order valence-corrected chi connectivity index (χ1v) is 10.9. The smallest absolute Gasteiger partial charge is 0.326 e. The Labute approximate surface area is 190 Å². The van der Waals surface area contributed by atoms with Crippen LogP contribution in [-0.4, -0.2) is 51.8 Å². The summed E-state index contributed by atoms with van der Waals surface area (Å²) < 4.78 is 20.9. The number of esters is 1. The SMILES string of the molecule is Cc1ccc(-n2c(C)cc(C(=O)COC(=O)CN3C(=O)NC4(CCCC4)C3=O)c2C)cc1F. The van der Waals surface area contributed by atoms with Crippen LogP contribution < -0.4 is 5.32 Å². The maximum absolute atomic E-state index is 14.0. The number of hydrogen-bond acceptors (Lipinski definition) is 5. The molecule has 9 heteroatoms. The Hall–Kier alpha value is -3.49. The van der Waals surface area contributed by atoms with Crippen molar-refractivity contribution in [1.29, 1.82) is 0 Å². The fourth-order valence-electron chi connectivity index (χ4n) is 4.70. The van der Waals surface area contributed by atoms with Crippen molar-refractivity contribution < 1.29 is 28.3 Å². The summed E-state index contributed by atoms with van der Waals surface area (Å²) in [6.07, 6.45) is 2.79. The van der Waals surface area contributed by atoms with Crippen LogP contribution >= 0.6 is 0 Å². The van der Waals surface area contributed by atoms with Crippen LogP contribution in [0.25, 0.3) is 5.69 Å². The summed E-state index contributed by atoms with van der Waals surface area (Å²) in [7, 11) is 0. The summed E-state index contributed by atoms with van der Waals surface area (Å²) in [5.74, 6) is -2.03. The molecule has 1 aliphatic carbocycles. The minimum Gasteiger partial charge on any atom is -0.456 e. The molecule has 1 N–H and O–H groups in total. The number of amides is 3. The monoisotopic (exact) mass is 455 g/mol. The van der Waals surface area contributed by atoms with Gasteiger partial charge in [-0.1, -0.05) is 18.9 Å². The highest BCUT2D eigenvalue weighted by molar-refractivity contribution is 6.09. The molecule has 33 heavy (non-hydrogen) atoms. The first-order chi connectivity index (χ1) is 15.6. The van der Waals surface area contributed by atoms with Gasteiger partial charge in [-0.3, -0.25) is 19.3 Å². The Morgan fingerprint density at radius 3 is 2.48 bits per heavy atom. The van der Waals surface area contributed by atoms with E-state index in [9.17, 15) is 23.6 Å². The van der Waals surface area contributed by atoms with Crippen LogP contribution in [0, 0.1) is 26.6 Å². The van der Waals surface area contributed by atoms with Gasteiger partial charge in [0.2, 0.25) is 5.78 Å². The second-order valence-corrected chi connectivity index (χ2v) is 8.75. The van der Waals surface area contributed by atoms with Crippen molar-refractivity contribution in [3.63, 3.8) is 0 Å². The van der Waals surface area contributed by atoms with E-state index in [2.05, 4.69) is 5.32 Å². The van der Waals surface area contributed by atoms with Crippen LogP contribution in [-0.2, 0) is 14.3 Å². The molecule has 0 bridgehead atoms. The standard InChI is InChI=1S/C24H26FN3O5/c1-14-6-7-17(11-19(14)25)28-15(2)10-18(16(28)3)20(29)13-33-21(30)12-27-22(31)24(26-23(27)32)8-4-5-9-24/h6-7,10-11H,4-5,8-9,12-13H2,1-3H3,(H,26,32). The summed E-state index contributed by atoms with van der Waals surface area (Å²) in [6, 6.07) is 5.88. The summed E-state index contributed by atoms with van der Waals surface area (Å²) >= 11 is 0. The number of ether oxygens (including phenoxy) is 1. The molecule has 2 aliphatic rings. The fourth-order valence-corrected chi connectivity index (χ4v) is 4.70. The van der Waals surface area contributed by atoms with Gasteiger partial charge in [-0.2, -0.15) is 0 Å². The molecule has 2 heterocycles. The second-order valence-electron chi connectivity index (χ2n) is 8.75. The molecule has 4 rings (SSSR count). The van der Waals surface area contributed by atoms with Gasteiger partial charge in [0.15, 0.2) is 6.61 Å². The van der Waals surface area contributed by atoms with Gasteiger partial charge in [-0.15, -0.1) is 0 Å². The molecule has 2 aromatic rings. The zero-order valence-corrected chi connectivity index (χ0v) is 18.9. The zero-order chi connectivity index (χ0) is 23.9. The number of halogens is 1. The number of urea groups is 1. The van der Waals surface area contributed by atoms with E-state index in [1.165, 1.54) is 6.07 Å². The molecule has 1 saturated carbocycles. The minimum atomic E-state index is -0.903. The largest absolute Gasteiger partial charge is 0.456 e. The number of nitrogens with zero attached hydrogens (tertiary/aromatic N) is 2. The number of nitrogens with one attached hydrogen (secondary N) is 1. The number of rotatable bonds is 6. The number of ketones is 1. The third kappa shape index (κ3) is 4.03. The van der Waals surface area contributed by atoms with Gasteiger partial charge in [0, 0.05) is 22.6 Å². The molecule has 1 saturated heterocycles. The molecule has 1 aliphatic heterocycles. The van der Waals surface area contributed by atoms with Crippen molar-refractivity contribution in [2.24, 2.45) is 0 Å². The lowest BCUT2D eigenvalue weighted by molar-refractivity contribution is -0.146. The molecular weight excluding hydrogens is 429 g/mol. The molecule has 0 unspecified atom stereocenters. The van der Waals surface area contributed by atoms with E-state index in [0.29, 0.717) is 35.3 Å². The third-order valence-corrected chi connectivity index (χ3v) is 6.50. The predicted molar refractivity (Wildman–Crippen MR) is 117 cm³/mol. The molecule has 8 nitrogen and oxygen atoms in total. The molecule has 0 atom stereocenters. The first-order valence-electron chi connectivity index (χ1n) is 10.9. The number of Topliss-reactive ketones (excluding diaryl/α,β-unsaturated/α-hetero) is 1. The van der Waals surface area contributed by atoms with Crippen LogP contribution in [0.3, 0.4) is 0 Å². The lowest BCUT2D eigenvalue weighted by atomic mass is 9.98. The number of hydrogen-bond donors (Lipinski definition) is 1. The number of carbonyl (C=O) groups is 4. The lowest BCUT2D eigenvalue weighted by Crippen LogP contribution is -2.44. The van der Waals surface area contributed by atoms with Crippen molar-refractivity contribution in [3.05, 3.63) is 52.6 Å². The maximum Gasteiger partial charge on any atom is 0.326 e. The Balaban J connectivity index is 1.41. The molecule has 1 aromatic carbocycles. The summed E-state index contributed by atoms with van der Waals surface area (Å²) in [5.41, 5.74) is 1.87. The van der Waals surface area contributed by atoms with E-state index in [1.807, 2.05) is 0 Å². The summed E-state index contributed by atoms with van der Waals surface area (Å²) in [6.45, 7) is 4.13. The topological polar surface area (TPSA) is 97.7 Å². The van der Waals surface area contributed by atoms with E-state index in [-0.39, 0.29) is 5.82 Å². The van der Waals surface area contributed by atoms with E-state index in [1.54, 1.807) is 43.5 Å². The molecule has 174 valence electrons. The Morgan fingerprint density at radius 2 is 1.82 bits per heavy atom. The van der Waals surface area contributed by atoms with E-state index < -0.39 is 42.4 Å². The van der Waals surface area contributed by atoms with Crippen LogP contribution in [0.1, 0.15) is 53.0 Å². The maximum atomic E-state index is 14.0. The van der Waals surface area contributed by atoms with E-state index in [0.717, 1.165) is 23.4 Å². The summed E-state index contributed by atoms with van der Waals surface area (Å²) in [5, 5.41) is 2.70. The van der Waals surface area contributed by atoms with Gasteiger partial charge in [0.25, 0.3) is 5.91 Å². The molecule has 1 aromatic heterocycles. The number of imide groups is 1. The summed E-state index contributed by atoms with van der Waals surface area (Å²) in [4.78, 5) is 50.7. The van der Waals surface area contributed by atoms with Crippen LogP contribution in [0.2, 0.25) is 0 Å². The highest BCUT2D eigenvalue weighted by Gasteiger charge is 2.52. The Morgan fingerprint density at radius 1 is 1.12 bits per heavy atom. The lowest BCUT2D eigenvalue weighted by Gasteiger charge is -2.19. The van der Waals surface area contributed by atoms with Gasteiger partial charge >= 0.3 is 12.0 Å². The van der Waals surface area contributed by atoms with E-state index in [4.69, 9.17) is 4.74 Å². The molecule has 2 fully saturated rings. The highest BCUT2D eigenvalue weighted by atomic mass is 19.1. The fraction of sp³-hybridized carbons (Fsp3) is 0.417. The molecular formula is C24H26FN3O5. The number of carbonyl (C=O) groups excluding carboxylic acids is 4. The van der Waals surface area contributed by atoms with Gasteiger partial charge < -0.3 is 14.6 Å². The van der Waals surface area contributed by atoms with Crippen molar-refractivity contribution in [3.8, 4) is 5.69 Å². The quantitative estimate of drug-likeness (QED) is 0.410. The van der Waals surface area contributed by atoms with Crippen molar-refractivity contribution in [2.75, 3.05) is 13.2 Å². The van der Waals surface area contributed by atoms with Crippen LogP contribution in [0.5, 0.6) is 0 Å². The van der Waals surface area contributed by atoms with Gasteiger partial charge in [0.1, 0.15) is 17.9 Å². The van der Waals surface area contributed by atoms with Crippen molar-refractivity contribution in [2.45, 2.75) is 52.0 Å². The molecule has 0 radical (unpaired) electrons. The minimum absolute atomic E-state index is 0.346. The van der Waals surface area contributed by atoms with Crippen LogP contribution in [0.4, 0.5) is 9.18 Å². The normalized spacial score (nSPS) is 17.0. The third-order valence-electron chi connectivity index (χ3n) is 6.50. The van der Waals surface area contributed by atoms with Gasteiger partial charge in [-0.05, 0) is 57.4 Å². The number of aryl methyl sites for hydroxylation is 2. The average molecular weight is 455 g/mol. The highest BCUT2D eigenvalue weighted by Crippen LogP contribution is 2.35. The zero-order valence-electron chi connectivity index (χ0n) is 18.9. The average Bonchev–Trinajstić information content (AvgIpc) is 3.42. The molecule has 3 amide bonds. The van der Waals surface area contributed by atoms with Crippen molar-refractivity contribution in [1.82, 2.24) is 14.8 Å².